The maximum absolute atomic E-state index is 12.0. The van der Waals surface area contributed by atoms with Crippen molar-refractivity contribution in [2.24, 2.45) is 0 Å². The first-order valence-corrected chi connectivity index (χ1v) is 6.21. The molecule has 0 spiro atoms. The summed E-state index contributed by atoms with van der Waals surface area (Å²) in [6.07, 6.45) is 0. The van der Waals surface area contributed by atoms with E-state index in [1.165, 1.54) is 16.7 Å². The molecule has 2 N–H and O–H groups in total. The minimum Gasteiger partial charge on any atom is -0.504 e. The Morgan fingerprint density at radius 2 is 1.89 bits per heavy atom. The van der Waals surface area contributed by atoms with Gasteiger partial charge < -0.3 is 10.1 Å². The van der Waals surface area contributed by atoms with Crippen molar-refractivity contribution in [2.75, 3.05) is 0 Å². The molecule has 0 aliphatic heterocycles. The van der Waals surface area contributed by atoms with E-state index in [9.17, 15) is 9.90 Å². The number of phenolic OH excluding ortho intramolecular Hbond substituents is 1. The van der Waals surface area contributed by atoms with Crippen LogP contribution in [0.3, 0.4) is 0 Å². The lowest BCUT2D eigenvalue weighted by Gasteiger charge is -2.08. The van der Waals surface area contributed by atoms with Crippen molar-refractivity contribution in [3.63, 3.8) is 0 Å². The van der Waals surface area contributed by atoms with E-state index in [2.05, 4.69) is 4.98 Å². The Hall–Kier alpha value is -1.91. The summed E-state index contributed by atoms with van der Waals surface area (Å²) in [5, 5.41) is 10.5. The number of rotatable bonds is 1. The molecule has 3 aromatic rings. The third-order valence-corrected chi connectivity index (χ3v) is 3.34. The Bertz CT molecular complexity index is 836. The van der Waals surface area contributed by atoms with Gasteiger partial charge in [0.25, 0.3) is 0 Å². The number of aromatic hydroxyl groups is 1. The van der Waals surface area contributed by atoms with Crippen LogP contribution in [0.15, 0.2) is 41.2 Å². The van der Waals surface area contributed by atoms with Crippen LogP contribution in [-0.2, 0) is 0 Å². The van der Waals surface area contributed by atoms with Crippen molar-refractivity contribution in [1.82, 2.24) is 9.55 Å². The van der Waals surface area contributed by atoms with Gasteiger partial charge in [-0.2, -0.15) is 0 Å². The fourth-order valence-electron chi connectivity index (χ4n) is 2.02. The Balaban J connectivity index is 2.43. The Morgan fingerprint density at radius 3 is 2.68 bits per heavy atom. The van der Waals surface area contributed by atoms with Gasteiger partial charge in [-0.15, -0.1) is 0 Å². The first-order chi connectivity index (χ1) is 9.08. The van der Waals surface area contributed by atoms with Gasteiger partial charge in [0, 0.05) is 5.02 Å². The number of para-hydroxylation sites is 2. The van der Waals surface area contributed by atoms with E-state index in [0.717, 1.165) is 0 Å². The molecule has 0 fully saturated rings. The highest BCUT2D eigenvalue weighted by atomic mass is 35.5. The number of aromatic nitrogens is 2. The van der Waals surface area contributed by atoms with E-state index in [0.29, 0.717) is 16.1 Å². The van der Waals surface area contributed by atoms with Crippen LogP contribution in [-0.4, -0.2) is 14.7 Å². The predicted octanol–water partition coefficient (Wildman–Crippen LogP) is 3.33. The first-order valence-electron chi connectivity index (χ1n) is 5.46. The molecule has 1 aromatic heterocycles. The van der Waals surface area contributed by atoms with E-state index in [-0.39, 0.29) is 22.1 Å². The SMILES string of the molecule is O=c1[nH]c2ccccc2n1-c1cc(Cl)cc(Cl)c1O. The molecule has 0 saturated carbocycles. The molecular formula is C13H8Cl2N2O2. The summed E-state index contributed by atoms with van der Waals surface area (Å²) >= 11 is 11.8. The molecule has 0 bridgehead atoms. The number of imidazole rings is 1. The van der Waals surface area contributed by atoms with Crippen molar-refractivity contribution >= 4 is 34.2 Å². The summed E-state index contributed by atoms with van der Waals surface area (Å²) in [7, 11) is 0. The fraction of sp³-hybridized carbons (Fsp3) is 0. The van der Waals surface area contributed by atoms with Crippen LogP contribution in [0.25, 0.3) is 16.7 Å². The molecule has 0 radical (unpaired) electrons. The normalized spacial score (nSPS) is 11.1. The summed E-state index contributed by atoms with van der Waals surface area (Å²) in [5.41, 5.74) is 1.19. The molecule has 19 heavy (non-hydrogen) atoms. The molecule has 0 aliphatic carbocycles. The highest BCUT2D eigenvalue weighted by Gasteiger charge is 2.15. The lowest BCUT2D eigenvalue weighted by molar-refractivity contribution is 0.472. The second-order valence-corrected chi connectivity index (χ2v) is 4.88. The number of halogens is 2. The van der Waals surface area contributed by atoms with E-state index >= 15 is 0 Å². The molecular weight excluding hydrogens is 287 g/mol. The number of H-pyrrole nitrogens is 1. The van der Waals surface area contributed by atoms with Crippen LogP contribution in [0.5, 0.6) is 5.75 Å². The zero-order valence-electron chi connectivity index (χ0n) is 9.52. The van der Waals surface area contributed by atoms with Gasteiger partial charge in [0.15, 0.2) is 5.75 Å². The topological polar surface area (TPSA) is 58.0 Å². The van der Waals surface area contributed by atoms with Crippen LogP contribution >= 0.6 is 23.2 Å². The molecule has 0 unspecified atom stereocenters. The van der Waals surface area contributed by atoms with Gasteiger partial charge in [-0.3, -0.25) is 4.57 Å². The summed E-state index contributed by atoms with van der Waals surface area (Å²) in [5.74, 6) is -0.182. The smallest absolute Gasteiger partial charge is 0.331 e. The first kappa shape index (κ1) is 12.1. The van der Waals surface area contributed by atoms with Crippen molar-refractivity contribution in [3.8, 4) is 11.4 Å². The highest BCUT2D eigenvalue weighted by molar-refractivity contribution is 6.36. The van der Waals surface area contributed by atoms with Gasteiger partial charge in [0.05, 0.1) is 21.7 Å². The second-order valence-electron chi connectivity index (χ2n) is 4.04. The van der Waals surface area contributed by atoms with Crippen molar-refractivity contribution in [2.45, 2.75) is 0 Å². The average Bonchev–Trinajstić information content (AvgIpc) is 2.70. The van der Waals surface area contributed by atoms with Crippen LogP contribution in [0.1, 0.15) is 0 Å². The summed E-state index contributed by atoms with van der Waals surface area (Å²) in [6, 6.07) is 10.1. The number of hydrogen-bond acceptors (Lipinski definition) is 2. The molecule has 2 aromatic carbocycles. The molecule has 6 heteroatoms. The van der Waals surface area contributed by atoms with Crippen LogP contribution in [0, 0.1) is 0 Å². The Kier molecular flexibility index (Phi) is 2.77. The molecule has 4 nitrogen and oxygen atoms in total. The quantitative estimate of drug-likeness (QED) is 0.723. The zero-order valence-corrected chi connectivity index (χ0v) is 11.0. The van der Waals surface area contributed by atoms with Gasteiger partial charge in [0.1, 0.15) is 0 Å². The van der Waals surface area contributed by atoms with E-state index < -0.39 is 0 Å². The number of aromatic amines is 1. The summed E-state index contributed by atoms with van der Waals surface area (Å²) < 4.78 is 1.34. The molecule has 0 aliphatic rings. The van der Waals surface area contributed by atoms with Gasteiger partial charge >= 0.3 is 5.69 Å². The van der Waals surface area contributed by atoms with Crippen molar-refractivity contribution < 1.29 is 5.11 Å². The lowest BCUT2D eigenvalue weighted by Crippen LogP contribution is -2.14. The maximum atomic E-state index is 12.0. The molecule has 3 rings (SSSR count). The Morgan fingerprint density at radius 1 is 1.16 bits per heavy atom. The van der Waals surface area contributed by atoms with E-state index in [4.69, 9.17) is 23.2 Å². The highest BCUT2D eigenvalue weighted by Crippen LogP contribution is 2.34. The zero-order chi connectivity index (χ0) is 13.6. The molecule has 0 saturated heterocycles. The fourth-order valence-corrected chi connectivity index (χ4v) is 2.50. The molecule has 1 heterocycles. The van der Waals surface area contributed by atoms with E-state index in [1.807, 2.05) is 6.07 Å². The monoisotopic (exact) mass is 294 g/mol. The third-order valence-electron chi connectivity index (χ3n) is 2.84. The average molecular weight is 295 g/mol. The van der Waals surface area contributed by atoms with Crippen molar-refractivity contribution in [3.05, 3.63) is 56.9 Å². The largest absolute Gasteiger partial charge is 0.504 e. The minimum atomic E-state index is -0.366. The van der Waals surface area contributed by atoms with Gasteiger partial charge in [-0.25, -0.2) is 4.79 Å². The number of nitrogens with zero attached hydrogens (tertiary/aromatic N) is 1. The van der Waals surface area contributed by atoms with Crippen LogP contribution < -0.4 is 5.69 Å². The second kappa shape index (κ2) is 4.33. The minimum absolute atomic E-state index is 0.0969. The van der Waals surface area contributed by atoms with Gasteiger partial charge in [0.2, 0.25) is 0 Å². The van der Waals surface area contributed by atoms with E-state index in [1.54, 1.807) is 18.2 Å². The predicted molar refractivity (Wildman–Crippen MR) is 75.6 cm³/mol. The number of benzene rings is 2. The number of hydrogen-bond donors (Lipinski definition) is 2. The van der Waals surface area contributed by atoms with Crippen LogP contribution in [0.2, 0.25) is 10.0 Å². The number of phenols is 1. The number of fused-ring (bicyclic) bond motifs is 1. The Labute approximate surface area is 117 Å². The number of nitrogens with one attached hydrogen (secondary N) is 1. The standard InChI is InChI=1S/C13H8Cl2N2O2/c14-7-5-8(15)12(18)11(6-7)17-10-4-2-1-3-9(10)16-13(17)19/h1-6,18H,(H,16,19). The molecule has 0 amide bonds. The molecule has 96 valence electrons. The van der Waals surface area contributed by atoms with Gasteiger partial charge in [-0.1, -0.05) is 35.3 Å². The van der Waals surface area contributed by atoms with Crippen molar-refractivity contribution in [1.29, 1.82) is 0 Å². The van der Waals surface area contributed by atoms with Crippen LogP contribution in [0.4, 0.5) is 0 Å². The summed E-state index contributed by atoms with van der Waals surface area (Å²) in [6.45, 7) is 0. The lowest BCUT2D eigenvalue weighted by atomic mass is 10.2. The maximum Gasteiger partial charge on any atom is 0.331 e. The molecule has 0 atom stereocenters. The van der Waals surface area contributed by atoms with Gasteiger partial charge in [-0.05, 0) is 24.3 Å². The summed E-state index contributed by atoms with van der Waals surface area (Å²) in [4.78, 5) is 14.7. The third kappa shape index (κ3) is 1.89.